The van der Waals surface area contributed by atoms with Crippen molar-refractivity contribution in [3.05, 3.63) is 53.9 Å². The minimum atomic E-state index is -3.55. The number of benzene rings is 1. The summed E-state index contributed by atoms with van der Waals surface area (Å²) in [6, 6.07) is 9.79. The van der Waals surface area contributed by atoms with Crippen LogP contribution in [0.1, 0.15) is 41.9 Å². The first-order chi connectivity index (χ1) is 10.5. The number of aromatic nitrogens is 1. The zero-order valence-corrected chi connectivity index (χ0v) is 13.1. The highest BCUT2D eigenvalue weighted by atomic mass is 32.2. The standard InChI is InChI=1S/C16H18N2O3S/c1-12(19)13-6-8-14(9-7-13)22(20,21)18-11-3-5-16(18)15-4-2-10-17-15/h2,4,6-10,16-17H,3,5,11H2,1H3. The van der Waals surface area contributed by atoms with Crippen LogP contribution in [0, 0.1) is 0 Å². The summed E-state index contributed by atoms with van der Waals surface area (Å²) in [5, 5.41) is 0. The van der Waals surface area contributed by atoms with Crippen molar-refractivity contribution in [1.82, 2.24) is 9.29 Å². The van der Waals surface area contributed by atoms with Crippen LogP contribution < -0.4 is 0 Å². The number of rotatable bonds is 4. The minimum Gasteiger partial charge on any atom is -0.364 e. The molecule has 6 heteroatoms. The molecule has 1 aliphatic rings. The van der Waals surface area contributed by atoms with Gasteiger partial charge >= 0.3 is 0 Å². The maximum absolute atomic E-state index is 12.8. The topological polar surface area (TPSA) is 70.2 Å². The van der Waals surface area contributed by atoms with Gasteiger partial charge in [-0.2, -0.15) is 4.31 Å². The van der Waals surface area contributed by atoms with E-state index in [0.717, 1.165) is 18.5 Å². The average molecular weight is 318 g/mol. The third kappa shape index (κ3) is 2.60. The molecule has 2 heterocycles. The van der Waals surface area contributed by atoms with Gasteiger partial charge in [-0.05, 0) is 44.0 Å². The quantitative estimate of drug-likeness (QED) is 0.881. The molecular weight excluding hydrogens is 300 g/mol. The van der Waals surface area contributed by atoms with Gasteiger partial charge in [0.1, 0.15) is 0 Å². The van der Waals surface area contributed by atoms with E-state index in [2.05, 4.69) is 4.98 Å². The van der Waals surface area contributed by atoms with Crippen LogP contribution in [0.25, 0.3) is 0 Å². The van der Waals surface area contributed by atoms with Crippen LogP contribution in [0.4, 0.5) is 0 Å². The summed E-state index contributed by atoms with van der Waals surface area (Å²) < 4.78 is 27.2. The summed E-state index contributed by atoms with van der Waals surface area (Å²) >= 11 is 0. The van der Waals surface area contributed by atoms with E-state index in [1.54, 1.807) is 22.6 Å². The smallest absolute Gasteiger partial charge is 0.243 e. The highest BCUT2D eigenvalue weighted by molar-refractivity contribution is 7.89. The van der Waals surface area contributed by atoms with Gasteiger partial charge in [-0.25, -0.2) is 8.42 Å². The average Bonchev–Trinajstić information content (AvgIpc) is 3.18. The van der Waals surface area contributed by atoms with Gasteiger partial charge in [0.2, 0.25) is 10.0 Å². The molecule has 22 heavy (non-hydrogen) atoms. The number of H-pyrrole nitrogens is 1. The molecule has 5 nitrogen and oxygen atoms in total. The number of Topliss-reactive ketones (excluding diaryl/α,β-unsaturated/α-hetero) is 1. The Labute approximate surface area is 130 Å². The van der Waals surface area contributed by atoms with Gasteiger partial charge in [0, 0.05) is 24.0 Å². The molecule has 1 atom stereocenters. The molecule has 0 bridgehead atoms. The van der Waals surface area contributed by atoms with Crippen LogP contribution in [0.3, 0.4) is 0 Å². The van der Waals surface area contributed by atoms with Gasteiger partial charge in [-0.1, -0.05) is 12.1 Å². The summed E-state index contributed by atoms with van der Waals surface area (Å²) in [6.45, 7) is 1.98. The Morgan fingerprint density at radius 1 is 1.23 bits per heavy atom. The molecule has 2 aromatic rings. The van der Waals surface area contributed by atoms with Crippen LogP contribution in [-0.4, -0.2) is 30.0 Å². The van der Waals surface area contributed by atoms with E-state index in [9.17, 15) is 13.2 Å². The lowest BCUT2D eigenvalue weighted by molar-refractivity contribution is 0.101. The molecule has 1 unspecified atom stereocenters. The first-order valence-electron chi connectivity index (χ1n) is 7.26. The van der Waals surface area contributed by atoms with Gasteiger partial charge in [0.05, 0.1) is 10.9 Å². The van der Waals surface area contributed by atoms with Crippen molar-refractivity contribution in [2.24, 2.45) is 0 Å². The summed E-state index contributed by atoms with van der Waals surface area (Å²) in [6.07, 6.45) is 3.46. The maximum Gasteiger partial charge on any atom is 0.243 e. The van der Waals surface area contributed by atoms with Crippen LogP contribution in [0.15, 0.2) is 47.5 Å². The number of sulfonamides is 1. The van der Waals surface area contributed by atoms with Crippen LogP contribution in [0.2, 0.25) is 0 Å². The summed E-state index contributed by atoms with van der Waals surface area (Å²) in [7, 11) is -3.55. The molecule has 3 rings (SSSR count). The lowest BCUT2D eigenvalue weighted by Crippen LogP contribution is -2.30. The zero-order valence-electron chi connectivity index (χ0n) is 12.3. The first kappa shape index (κ1) is 15.0. The van der Waals surface area contributed by atoms with E-state index in [1.807, 2.05) is 12.1 Å². The van der Waals surface area contributed by atoms with Crippen molar-refractivity contribution in [3.63, 3.8) is 0 Å². The molecule has 0 saturated carbocycles. The number of ketones is 1. The van der Waals surface area contributed by atoms with E-state index in [-0.39, 0.29) is 16.7 Å². The maximum atomic E-state index is 12.8. The molecule has 1 fully saturated rings. The normalized spacial score (nSPS) is 19.4. The van der Waals surface area contributed by atoms with Crippen molar-refractivity contribution in [2.45, 2.75) is 30.7 Å². The molecule has 0 amide bonds. The summed E-state index contributed by atoms with van der Waals surface area (Å²) in [5.74, 6) is -0.0746. The Morgan fingerprint density at radius 2 is 1.95 bits per heavy atom. The second-order valence-electron chi connectivity index (χ2n) is 5.48. The van der Waals surface area contributed by atoms with Gasteiger partial charge < -0.3 is 4.98 Å². The van der Waals surface area contributed by atoms with E-state index in [0.29, 0.717) is 12.1 Å². The number of carbonyl (C=O) groups is 1. The molecule has 1 saturated heterocycles. The number of hydrogen-bond acceptors (Lipinski definition) is 3. The van der Waals surface area contributed by atoms with Crippen LogP contribution in [0.5, 0.6) is 0 Å². The Morgan fingerprint density at radius 3 is 2.55 bits per heavy atom. The third-order valence-electron chi connectivity index (χ3n) is 4.05. The van der Waals surface area contributed by atoms with Crippen molar-refractivity contribution in [1.29, 1.82) is 0 Å². The predicted octanol–water partition coefficient (Wildman–Crippen LogP) is 2.74. The van der Waals surface area contributed by atoms with Gasteiger partial charge in [-0.3, -0.25) is 4.79 Å². The fourth-order valence-corrected chi connectivity index (χ4v) is 4.56. The van der Waals surface area contributed by atoms with Gasteiger partial charge in [-0.15, -0.1) is 0 Å². The van der Waals surface area contributed by atoms with Crippen LogP contribution in [-0.2, 0) is 10.0 Å². The number of hydrogen-bond donors (Lipinski definition) is 1. The first-order valence-corrected chi connectivity index (χ1v) is 8.70. The SMILES string of the molecule is CC(=O)c1ccc(S(=O)(=O)N2CCCC2c2ccc[nH]2)cc1. The van der Waals surface area contributed by atoms with E-state index in [1.165, 1.54) is 19.1 Å². The Balaban J connectivity index is 1.93. The summed E-state index contributed by atoms with van der Waals surface area (Å²) in [4.78, 5) is 14.6. The second-order valence-corrected chi connectivity index (χ2v) is 7.37. The predicted molar refractivity (Wildman–Crippen MR) is 83.1 cm³/mol. The van der Waals surface area contributed by atoms with Crippen molar-refractivity contribution < 1.29 is 13.2 Å². The molecule has 1 aromatic heterocycles. The monoisotopic (exact) mass is 318 g/mol. The number of nitrogens with zero attached hydrogens (tertiary/aromatic N) is 1. The molecule has 1 N–H and O–H groups in total. The largest absolute Gasteiger partial charge is 0.364 e. The van der Waals surface area contributed by atoms with Gasteiger partial charge in [0.25, 0.3) is 0 Å². The second kappa shape index (κ2) is 5.70. The minimum absolute atomic E-state index is 0.0746. The number of carbonyl (C=O) groups excluding carboxylic acids is 1. The Bertz CT molecular complexity index is 764. The molecule has 1 aromatic carbocycles. The highest BCUT2D eigenvalue weighted by Gasteiger charge is 2.36. The molecule has 116 valence electrons. The number of nitrogens with one attached hydrogen (secondary N) is 1. The number of aromatic amines is 1. The molecular formula is C16H18N2O3S. The molecule has 0 aliphatic carbocycles. The summed E-state index contributed by atoms with van der Waals surface area (Å²) in [5.41, 5.74) is 1.43. The third-order valence-corrected chi connectivity index (χ3v) is 5.97. The van der Waals surface area contributed by atoms with Crippen molar-refractivity contribution in [2.75, 3.05) is 6.54 Å². The fourth-order valence-electron chi connectivity index (χ4n) is 2.89. The highest BCUT2D eigenvalue weighted by Crippen LogP contribution is 2.35. The fraction of sp³-hybridized carbons (Fsp3) is 0.312. The van der Waals surface area contributed by atoms with Crippen LogP contribution >= 0.6 is 0 Å². The molecule has 1 aliphatic heterocycles. The molecule has 0 spiro atoms. The Kier molecular flexibility index (Phi) is 3.88. The van der Waals surface area contributed by atoms with Crippen molar-refractivity contribution in [3.8, 4) is 0 Å². The lowest BCUT2D eigenvalue weighted by Gasteiger charge is -2.23. The molecule has 0 radical (unpaired) electrons. The van der Waals surface area contributed by atoms with E-state index in [4.69, 9.17) is 0 Å². The lowest BCUT2D eigenvalue weighted by atomic mass is 10.2. The van der Waals surface area contributed by atoms with E-state index >= 15 is 0 Å². The van der Waals surface area contributed by atoms with E-state index < -0.39 is 10.0 Å². The zero-order chi connectivity index (χ0) is 15.7. The van der Waals surface area contributed by atoms with Gasteiger partial charge in [0.15, 0.2) is 5.78 Å². The Hall–Kier alpha value is -1.92. The van der Waals surface area contributed by atoms with Crippen molar-refractivity contribution >= 4 is 15.8 Å².